The number of nitrogens with one attached hydrogen (secondary N) is 1. The van der Waals surface area contributed by atoms with Crippen molar-refractivity contribution in [2.45, 2.75) is 0 Å². The van der Waals surface area contributed by atoms with E-state index in [2.05, 4.69) is 10.2 Å². The fraction of sp³-hybridized carbons (Fsp3) is 0.333. The van der Waals surface area contributed by atoms with Gasteiger partial charge in [-0.05, 0) is 6.07 Å². The highest BCUT2D eigenvalue weighted by Gasteiger charge is 2.23. The summed E-state index contributed by atoms with van der Waals surface area (Å²) < 4.78 is 11.5. The molecule has 100 valence electrons. The lowest BCUT2D eigenvalue weighted by Crippen LogP contribution is -2.35. The van der Waals surface area contributed by atoms with E-state index in [4.69, 9.17) is 21.4 Å². The predicted octanol–water partition coefficient (Wildman–Crippen LogP) is 1.60. The number of rotatable bonds is 2. The Hall–Kier alpha value is -1.31. The van der Waals surface area contributed by atoms with Crippen LogP contribution in [0.3, 0.4) is 0 Å². The zero-order valence-corrected chi connectivity index (χ0v) is 11.7. The predicted molar refractivity (Wildman–Crippen MR) is 78.0 cm³/mol. The third-order valence-electron chi connectivity index (χ3n) is 2.85. The second-order valence-corrected chi connectivity index (χ2v) is 5.85. The molecular formula is C12H12N2O3S2. The highest BCUT2D eigenvalue weighted by molar-refractivity contribution is 8.26. The van der Waals surface area contributed by atoms with E-state index < -0.39 is 0 Å². The molecule has 2 saturated heterocycles. The highest BCUT2D eigenvalue weighted by atomic mass is 32.2. The first-order valence-electron chi connectivity index (χ1n) is 5.90. The summed E-state index contributed by atoms with van der Waals surface area (Å²) in [7, 11) is 0. The molecule has 0 aliphatic carbocycles. The van der Waals surface area contributed by atoms with E-state index in [1.807, 2.05) is 12.1 Å². The molecule has 1 aromatic rings. The first-order chi connectivity index (χ1) is 9.22. The largest absolute Gasteiger partial charge is 0.441 e. The Morgan fingerprint density at radius 2 is 2.16 bits per heavy atom. The quantitative estimate of drug-likeness (QED) is 0.661. The zero-order valence-electron chi connectivity index (χ0n) is 10.0. The number of nitrogens with zero attached hydrogens (tertiary/aromatic N) is 1. The summed E-state index contributed by atoms with van der Waals surface area (Å²) in [5.41, 5.74) is 0. The van der Waals surface area contributed by atoms with Crippen LogP contribution in [-0.2, 0) is 9.53 Å². The van der Waals surface area contributed by atoms with E-state index in [1.54, 1.807) is 6.08 Å². The molecule has 0 unspecified atom stereocenters. The fourth-order valence-corrected chi connectivity index (χ4v) is 2.95. The van der Waals surface area contributed by atoms with Gasteiger partial charge in [0.1, 0.15) is 10.1 Å². The zero-order chi connectivity index (χ0) is 13.2. The summed E-state index contributed by atoms with van der Waals surface area (Å²) in [5, 5.41) is 2.58. The molecule has 0 aromatic carbocycles. The number of morpholine rings is 1. The third kappa shape index (κ3) is 2.83. The first-order valence-corrected chi connectivity index (χ1v) is 7.12. The van der Waals surface area contributed by atoms with Crippen LogP contribution in [-0.4, -0.2) is 36.5 Å². The Kier molecular flexibility index (Phi) is 3.58. The van der Waals surface area contributed by atoms with Gasteiger partial charge in [0.15, 0.2) is 5.88 Å². The van der Waals surface area contributed by atoms with E-state index in [1.165, 1.54) is 11.8 Å². The van der Waals surface area contributed by atoms with Gasteiger partial charge in [-0.2, -0.15) is 0 Å². The van der Waals surface area contributed by atoms with Crippen LogP contribution in [0.5, 0.6) is 0 Å². The van der Waals surface area contributed by atoms with Crippen LogP contribution < -0.4 is 10.2 Å². The van der Waals surface area contributed by atoms with Gasteiger partial charge in [0.25, 0.3) is 5.91 Å². The van der Waals surface area contributed by atoms with E-state index in [-0.39, 0.29) is 5.91 Å². The topological polar surface area (TPSA) is 54.7 Å². The van der Waals surface area contributed by atoms with Gasteiger partial charge in [0.2, 0.25) is 0 Å². The number of amides is 1. The van der Waals surface area contributed by atoms with Crippen LogP contribution in [0.4, 0.5) is 5.88 Å². The second kappa shape index (κ2) is 5.36. The average Bonchev–Trinajstić information content (AvgIpc) is 2.99. The summed E-state index contributed by atoms with van der Waals surface area (Å²) in [6, 6.07) is 3.76. The molecule has 1 aromatic heterocycles. The maximum atomic E-state index is 11.5. The van der Waals surface area contributed by atoms with Gasteiger partial charge in [-0.1, -0.05) is 24.0 Å². The molecule has 2 aliphatic heterocycles. The molecule has 1 N–H and O–H groups in total. The standard InChI is InChI=1S/C12H12N2O3S2/c15-11-9(19-12(18)13-11)7-8-1-2-10(17-8)14-3-5-16-6-4-14/h1-2,7H,3-6H2,(H,13,15,18)/b9-7-. The van der Waals surface area contributed by atoms with Crippen LogP contribution in [0.1, 0.15) is 5.76 Å². The smallest absolute Gasteiger partial charge is 0.263 e. The maximum absolute atomic E-state index is 11.5. The van der Waals surface area contributed by atoms with Gasteiger partial charge < -0.3 is 19.4 Å². The lowest BCUT2D eigenvalue weighted by molar-refractivity contribution is -0.115. The van der Waals surface area contributed by atoms with Crippen molar-refractivity contribution in [3.8, 4) is 0 Å². The molecule has 0 saturated carbocycles. The molecule has 1 amide bonds. The SMILES string of the molecule is O=C1NC(=S)S/C1=C\c1ccc(N2CCOCC2)o1. The van der Waals surface area contributed by atoms with Crippen molar-refractivity contribution in [2.75, 3.05) is 31.2 Å². The van der Waals surface area contributed by atoms with Gasteiger partial charge in [0.05, 0.1) is 18.1 Å². The highest BCUT2D eigenvalue weighted by Crippen LogP contribution is 2.28. The van der Waals surface area contributed by atoms with Crippen LogP contribution in [0.2, 0.25) is 0 Å². The number of thioether (sulfide) groups is 1. The number of hydrogen-bond acceptors (Lipinski definition) is 6. The van der Waals surface area contributed by atoms with Gasteiger partial charge >= 0.3 is 0 Å². The molecule has 3 rings (SSSR count). The molecule has 2 fully saturated rings. The average molecular weight is 296 g/mol. The molecule has 0 radical (unpaired) electrons. The Morgan fingerprint density at radius 1 is 1.37 bits per heavy atom. The number of ether oxygens (including phenoxy) is 1. The van der Waals surface area contributed by atoms with Gasteiger partial charge in [-0.15, -0.1) is 0 Å². The van der Waals surface area contributed by atoms with Crippen LogP contribution in [0.15, 0.2) is 21.5 Å². The van der Waals surface area contributed by atoms with Gasteiger partial charge in [-0.3, -0.25) is 4.79 Å². The minimum absolute atomic E-state index is 0.167. The number of furan rings is 1. The normalized spacial score (nSPS) is 22.1. The number of carbonyl (C=O) groups excluding carboxylic acids is 1. The summed E-state index contributed by atoms with van der Waals surface area (Å²) in [5.74, 6) is 1.30. The minimum atomic E-state index is -0.167. The van der Waals surface area contributed by atoms with Crippen molar-refractivity contribution in [1.29, 1.82) is 0 Å². The lowest BCUT2D eigenvalue weighted by atomic mass is 10.4. The number of hydrogen-bond donors (Lipinski definition) is 1. The molecule has 0 spiro atoms. The number of thiocarbonyl (C=S) groups is 1. The first kappa shape index (κ1) is 12.7. The van der Waals surface area contributed by atoms with E-state index in [9.17, 15) is 4.79 Å². The Balaban J connectivity index is 1.76. The van der Waals surface area contributed by atoms with Gasteiger partial charge in [0, 0.05) is 25.2 Å². The van der Waals surface area contributed by atoms with Gasteiger partial charge in [-0.25, -0.2) is 0 Å². The number of carbonyl (C=O) groups is 1. The second-order valence-electron chi connectivity index (χ2n) is 4.13. The monoisotopic (exact) mass is 296 g/mol. The molecule has 7 heteroatoms. The van der Waals surface area contributed by atoms with Crippen molar-refractivity contribution in [1.82, 2.24) is 5.32 Å². The Morgan fingerprint density at radius 3 is 2.84 bits per heavy atom. The maximum Gasteiger partial charge on any atom is 0.263 e. The molecule has 5 nitrogen and oxygen atoms in total. The van der Waals surface area contributed by atoms with Crippen molar-refractivity contribution < 1.29 is 13.9 Å². The van der Waals surface area contributed by atoms with E-state index in [0.717, 1.165) is 19.0 Å². The molecule has 0 bridgehead atoms. The molecular weight excluding hydrogens is 284 g/mol. The Labute approximate surface area is 120 Å². The van der Waals surface area contributed by atoms with Crippen molar-refractivity contribution in [3.63, 3.8) is 0 Å². The van der Waals surface area contributed by atoms with E-state index >= 15 is 0 Å². The third-order valence-corrected chi connectivity index (χ3v) is 4.01. The molecule has 3 heterocycles. The fourth-order valence-electron chi connectivity index (χ4n) is 1.92. The van der Waals surface area contributed by atoms with Crippen LogP contribution in [0.25, 0.3) is 6.08 Å². The summed E-state index contributed by atoms with van der Waals surface area (Å²) >= 11 is 6.19. The summed E-state index contributed by atoms with van der Waals surface area (Å²) in [4.78, 5) is 14.2. The number of anilines is 1. The summed E-state index contributed by atoms with van der Waals surface area (Å²) in [6.07, 6.45) is 1.71. The Bertz CT molecular complexity index is 547. The lowest BCUT2D eigenvalue weighted by Gasteiger charge is -2.26. The molecule has 2 aliphatic rings. The van der Waals surface area contributed by atoms with Crippen molar-refractivity contribution in [2.24, 2.45) is 0 Å². The van der Waals surface area contributed by atoms with Crippen LogP contribution in [0, 0.1) is 0 Å². The van der Waals surface area contributed by atoms with Crippen molar-refractivity contribution in [3.05, 3.63) is 22.8 Å². The minimum Gasteiger partial charge on any atom is -0.441 e. The summed E-state index contributed by atoms with van der Waals surface area (Å²) in [6.45, 7) is 3.07. The van der Waals surface area contributed by atoms with Crippen molar-refractivity contribution >= 4 is 46.2 Å². The molecule has 0 atom stereocenters. The van der Waals surface area contributed by atoms with Crippen LogP contribution >= 0.6 is 24.0 Å². The molecule has 19 heavy (non-hydrogen) atoms. The van der Waals surface area contributed by atoms with E-state index in [0.29, 0.717) is 28.2 Å².